The minimum atomic E-state index is -0.329. The zero-order chi connectivity index (χ0) is 16.6. The molecule has 0 saturated carbocycles. The second-order valence-corrected chi connectivity index (χ2v) is 4.55. The number of nitrogens with zero attached hydrogens (tertiary/aromatic N) is 1. The molecule has 6 nitrogen and oxygen atoms in total. The van der Waals surface area contributed by atoms with Gasteiger partial charge in [0.15, 0.2) is 0 Å². The van der Waals surface area contributed by atoms with Gasteiger partial charge >= 0.3 is 5.97 Å². The van der Waals surface area contributed by atoms with Crippen LogP contribution in [0.25, 0.3) is 0 Å². The van der Waals surface area contributed by atoms with Crippen LogP contribution in [-0.4, -0.2) is 71.2 Å². The largest absolute Gasteiger partial charge is 0.460 e. The maximum absolute atomic E-state index is 11.7. The van der Waals surface area contributed by atoms with E-state index in [0.717, 1.165) is 13.1 Å². The highest BCUT2D eigenvalue weighted by Gasteiger charge is 2.04. The summed E-state index contributed by atoms with van der Waals surface area (Å²) in [6.45, 7) is 7.74. The van der Waals surface area contributed by atoms with E-state index in [1.165, 1.54) is 0 Å². The van der Waals surface area contributed by atoms with Crippen molar-refractivity contribution in [2.75, 3.05) is 60.3 Å². The second-order valence-electron chi connectivity index (χ2n) is 4.55. The van der Waals surface area contributed by atoms with Gasteiger partial charge in [-0.1, -0.05) is 6.08 Å². The molecule has 0 aliphatic carbocycles. The lowest BCUT2D eigenvalue weighted by Gasteiger charge is -2.19. The zero-order valence-electron chi connectivity index (χ0n) is 14.2. The van der Waals surface area contributed by atoms with Gasteiger partial charge < -0.3 is 23.8 Å². The average molecular weight is 315 g/mol. The number of allylic oxidation sites excluding steroid dienone is 2. The summed E-state index contributed by atoms with van der Waals surface area (Å²) in [5.74, 6) is -0.329. The topological polar surface area (TPSA) is 57.2 Å². The summed E-state index contributed by atoms with van der Waals surface area (Å²) in [4.78, 5) is 13.8. The van der Waals surface area contributed by atoms with Crippen LogP contribution in [0.2, 0.25) is 0 Å². The van der Waals surface area contributed by atoms with E-state index in [9.17, 15) is 4.79 Å². The fraction of sp³-hybridized carbons (Fsp3) is 0.688. The van der Waals surface area contributed by atoms with Crippen molar-refractivity contribution in [1.29, 1.82) is 0 Å². The first-order valence-electron chi connectivity index (χ1n) is 7.47. The van der Waals surface area contributed by atoms with Gasteiger partial charge in [0, 0.05) is 39.5 Å². The van der Waals surface area contributed by atoms with E-state index in [4.69, 9.17) is 18.9 Å². The van der Waals surface area contributed by atoms with Crippen molar-refractivity contribution >= 4 is 5.97 Å². The number of ether oxygens (including phenoxy) is 4. The molecule has 22 heavy (non-hydrogen) atoms. The summed E-state index contributed by atoms with van der Waals surface area (Å²) in [5.41, 5.74) is 0.547. The van der Waals surface area contributed by atoms with Crippen molar-refractivity contribution in [3.63, 3.8) is 0 Å². The molecular weight excluding hydrogens is 286 g/mol. The van der Waals surface area contributed by atoms with Gasteiger partial charge in [-0.2, -0.15) is 0 Å². The Bertz CT molecular complexity index is 333. The van der Waals surface area contributed by atoms with Gasteiger partial charge in [-0.15, -0.1) is 0 Å². The van der Waals surface area contributed by atoms with Crippen molar-refractivity contribution in [1.82, 2.24) is 4.90 Å². The second kappa shape index (κ2) is 14.6. The Balaban J connectivity index is 4.26. The maximum Gasteiger partial charge on any atom is 0.333 e. The first kappa shape index (κ1) is 20.6. The molecule has 0 aliphatic heterocycles. The van der Waals surface area contributed by atoms with Crippen molar-refractivity contribution in [3.05, 3.63) is 23.9 Å². The highest BCUT2D eigenvalue weighted by atomic mass is 16.6. The molecule has 128 valence electrons. The molecule has 6 heteroatoms. The molecule has 0 N–H and O–H groups in total. The van der Waals surface area contributed by atoms with E-state index in [2.05, 4.69) is 4.90 Å². The predicted octanol–water partition coefficient (Wildman–Crippen LogP) is 1.62. The molecule has 0 aromatic carbocycles. The lowest BCUT2D eigenvalue weighted by Crippen LogP contribution is -2.25. The molecule has 0 radical (unpaired) electrons. The number of carbonyl (C=O) groups is 1. The molecule has 0 aromatic rings. The van der Waals surface area contributed by atoms with Crippen LogP contribution in [-0.2, 0) is 23.7 Å². The number of esters is 1. The normalized spacial score (nSPS) is 11.9. The number of hydrogen-bond donors (Lipinski definition) is 0. The number of rotatable bonds is 13. The summed E-state index contributed by atoms with van der Waals surface area (Å²) in [6.07, 6.45) is 5.47. The van der Waals surface area contributed by atoms with Gasteiger partial charge in [0.2, 0.25) is 0 Å². The molecule has 0 aliphatic rings. The molecule has 0 saturated heterocycles. The van der Waals surface area contributed by atoms with E-state index in [0.29, 0.717) is 32.0 Å². The van der Waals surface area contributed by atoms with Crippen LogP contribution >= 0.6 is 0 Å². The molecule has 0 heterocycles. The standard InChI is InChI=1S/C16H29NO5/c1-5-21-13-14-22-16(18)15(2)7-6-8-17(9-11-19-3)10-12-20-4/h6-8H,5,9-14H2,1-4H3/b8-6+,15-7+. The van der Waals surface area contributed by atoms with Gasteiger partial charge in [0.05, 0.1) is 19.8 Å². The lowest BCUT2D eigenvalue weighted by molar-refractivity contribution is -0.140. The van der Waals surface area contributed by atoms with Crippen LogP contribution in [0.1, 0.15) is 13.8 Å². The summed E-state index contributed by atoms with van der Waals surface area (Å²) < 4.78 is 20.3. The van der Waals surface area contributed by atoms with Crippen molar-refractivity contribution in [2.45, 2.75) is 13.8 Å². The molecule has 0 aromatic heterocycles. The van der Waals surface area contributed by atoms with Gasteiger partial charge in [-0.25, -0.2) is 4.79 Å². The lowest BCUT2D eigenvalue weighted by atomic mass is 10.3. The first-order chi connectivity index (χ1) is 10.7. The van der Waals surface area contributed by atoms with E-state index in [-0.39, 0.29) is 12.6 Å². The molecule has 0 spiro atoms. The van der Waals surface area contributed by atoms with E-state index >= 15 is 0 Å². The Kier molecular flexibility index (Phi) is 13.7. The molecule has 0 bridgehead atoms. The van der Waals surface area contributed by atoms with Crippen LogP contribution in [0, 0.1) is 0 Å². The molecule has 0 amide bonds. The van der Waals surface area contributed by atoms with Crippen molar-refractivity contribution in [2.24, 2.45) is 0 Å². The summed E-state index contributed by atoms with van der Waals surface area (Å²) in [5, 5.41) is 0. The molecule has 0 unspecified atom stereocenters. The fourth-order valence-electron chi connectivity index (χ4n) is 1.51. The summed E-state index contributed by atoms with van der Waals surface area (Å²) >= 11 is 0. The molecule has 0 atom stereocenters. The zero-order valence-corrected chi connectivity index (χ0v) is 14.2. The van der Waals surface area contributed by atoms with Gasteiger partial charge in [-0.05, 0) is 26.1 Å². The average Bonchev–Trinajstić information content (AvgIpc) is 2.53. The Morgan fingerprint density at radius 3 is 2.23 bits per heavy atom. The Morgan fingerprint density at radius 1 is 1.05 bits per heavy atom. The predicted molar refractivity (Wildman–Crippen MR) is 85.7 cm³/mol. The van der Waals surface area contributed by atoms with Crippen LogP contribution < -0.4 is 0 Å². The smallest absolute Gasteiger partial charge is 0.333 e. The third-order valence-electron chi connectivity index (χ3n) is 2.80. The molecule has 0 rings (SSSR count). The maximum atomic E-state index is 11.7. The minimum Gasteiger partial charge on any atom is -0.460 e. The quantitative estimate of drug-likeness (QED) is 0.223. The number of methoxy groups -OCH3 is 2. The number of hydrogen-bond acceptors (Lipinski definition) is 6. The van der Waals surface area contributed by atoms with E-state index in [1.807, 2.05) is 19.2 Å². The summed E-state index contributed by atoms with van der Waals surface area (Å²) in [6, 6.07) is 0. The highest BCUT2D eigenvalue weighted by molar-refractivity contribution is 5.88. The Labute approximate surface area is 133 Å². The summed E-state index contributed by atoms with van der Waals surface area (Å²) in [7, 11) is 3.33. The van der Waals surface area contributed by atoms with Crippen molar-refractivity contribution in [3.8, 4) is 0 Å². The van der Waals surface area contributed by atoms with E-state index in [1.54, 1.807) is 27.2 Å². The van der Waals surface area contributed by atoms with E-state index < -0.39 is 0 Å². The van der Waals surface area contributed by atoms with Crippen LogP contribution in [0.5, 0.6) is 0 Å². The molecule has 0 fully saturated rings. The minimum absolute atomic E-state index is 0.273. The van der Waals surface area contributed by atoms with Crippen LogP contribution in [0.15, 0.2) is 23.9 Å². The van der Waals surface area contributed by atoms with Crippen LogP contribution in [0.3, 0.4) is 0 Å². The first-order valence-corrected chi connectivity index (χ1v) is 7.47. The SMILES string of the molecule is CCOCCOC(=O)/C(C)=C/C=C/N(CCOC)CCOC. The van der Waals surface area contributed by atoms with Crippen molar-refractivity contribution < 1.29 is 23.7 Å². The fourth-order valence-corrected chi connectivity index (χ4v) is 1.51. The van der Waals surface area contributed by atoms with Gasteiger partial charge in [0.1, 0.15) is 6.61 Å². The monoisotopic (exact) mass is 315 g/mol. The Morgan fingerprint density at radius 2 is 1.68 bits per heavy atom. The van der Waals surface area contributed by atoms with Gasteiger partial charge in [-0.3, -0.25) is 0 Å². The molecular formula is C16H29NO5. The third kappa shape index (κ3) is 11.3. The van der Waals surface area contributed by atoms with Crippen LogP contribution in [0.4, 0.5) is 0 Å². The number of carbonyl (C=O) groups excluding carboxylic acids is 1. The highest BCUT2D eigenvalue weighted by Crippen LogP contribution is 1.99. The third-order valence-corrected chi connectivity index (χ3v) is 2.80. The van der Waals surface area contributed by atoms with Gasteiger partial charge in [0.25, 0.3) is 0 Å². The Hall–Kier alpha value is -1.37.